The molecule has 3 aromatic carbocycles. The Bertz CT molecular complexity index is 1450. The second kappa shape index (κ2) is 8.61. The molecule has 0 saturated carbocycles. The zero-order valence-electron chi connectivity index (χ0n) is 17.2. The lowest BCUT2D eigenvalue weighted by molar-refractivity contribution is 0.399. The Morgan fingerprint density at radius 1 is 0.875 bits per heavy atom. The number of methoxy groups -OCH3 is 1. The summed E-state index contributed by atoms with van der Waals surface area (Å²) in [7, 11) is 1.59. The lowest BCUT2D eigenvalue weighted by atomic mass is 10.1. The van der Waals surface area contributed by atoms with Crippen molar-refractivity contribution in [2.45, 2.75) is 0 Å². The van der Waals surface area contributed by atoms with Crippen LogP contribution in [0, 0.1) is 0 Å². The van der Waals surface area contributed by atoms with Gasteiger partial charge in [0.1, 0.15) is 0 Å². The van der Waals surface area contributed by atoms with Gasteiger partial charge in [0.2, 0.25) is 11.8 Å². The predicted molar refractivity (Wildman–Crippen MR) is 129 cm³/mol. The molecule has 1 N–H and O–H groups in total. The van der Waals surface area contributed by atoms with Gasteiger partial charge in [-0.15, -0.1) is 0 Å². The van der Waals surface area contributed by atoms with E-state index in [1.54, 1.807) is 13.3 Å². The van der Waals surface area contributed by atoms with E-state index in [-0.39, 0.29) is 0 Å². The maximum atomic E-state index is 6.23. The molecule has 0 radical (unpaired) electrons. The normalized spacial score (nSPS) is 11.3. The summed E-state index contributed by atoms with van der Waals surface area (Å²) >= 11 is 6.23. The van der Waals surface area contributed by atoms with E-state index in [2.05, 4.69) is 20.5 Å². The summed E-state index contributed by atoms with van der Waals surface area (Å²) in [6, 6.07) is 25.3. The molecule has 0 bridgehead atoms. The minimum atomic E-state index is 0.377. The minimum Gasteiger partial charge on any atom is -0.481 e. The van der Waals surface area contributed by atoms with Gasteiger partial charge < -0.3 is 4.74 Å². The van der Waals surface area contributed by atoms with E-state index in [0.717, 1.165) is 38.6 Å². The van der Waals surface area contributed by atoms with Crippen molar-refractivity contribution in [2.24, 2.45) is 5.10 Å². The SMILES string of the molecule is COc1nc2ccccc2cc1/C=N/Nc1nc(-c2ccccc2)c2cc(Cl)ccc2n1. The Balaban J connectivity index is 1.52. The number of nitrogens with one attached hydrogen (secondary N) is 1. The molecular weight excluding hydrogens is 422 g/mol. The molecule has 0 aliphatic heterocycles. The predicted octanol–water partition coefficient (Wildman–Crippen LogP) is 5.95. The summed E-state index contributed by atoms with van der Waals surface area (Å²) in [4.78, 5) is 13.8. The first-order chi connectivity index (χ1) is 15.7. The summed E-state index contributed by atoms with van der Waals surface area (Å²) in [5.74, 6) is 0.871. The average Bonchev–Trinajstić information content (AvgIpc) is 2.84. The highest BCUT2D eigenvalue weighted by atomic mass is 35.5. The fraction of sp³-hybridized carbons (Fsp3) is 0.0400. The molecular formula is C25H18ClN5O. The second-order valence-electron chi connectivity index (χ2n) is 7.07. The van der Waals surface area contributed by atoms with E-state index >= 15 is 0 Å². The van der Waals surface area contributed by atoms with Crippen LogP contribution >= 0.6 is 11.6 Å². The van der Waals surface area contributed by atoms with Crippen LogP contribution in [0.1, 0.15) is 5.56 Å². The minimum absolute atomic E-state index is 0.377. The van der Waals surface area contributed by atoms with Crippen molar-refractivity contribution >= 4 is 45.6 Å². The largest absolute Gasteiger partial charge is 0.481 e. The lowest BCUT2D eigenvalue weighted by Crippen LogP contribution is -2.01. The number of anilines is 1. The molecule has 156 valence electrons. The number of benzene rings is 3. The molecule has 32 heavy (non-hydrogen) atoms. The Kier molecular flexibility index (Phi) is 5.35. The molecule has 2 aromatic heterocycles. The molecule has 0 aliphatic carbocycles. The van der Waals surface area contributed by atoms with E-state index < -0.39 is 0 Å². The van der Waals surface area contributed by atoms with Crippen LogP contribution < -0.4 is 10.2 Å². The Hall–Kier alpha value is -4.03. The molecule has 0 atom stereocenters. The molecule has 0 spiro atoms. The fourth-order valence-corrected chi connectivity index (χ4v) is 3.67. The fourth-order valence-electron chi connectivity index (χ4n) is 3.50. The number of aromatic nitrogens is 3. The maximum Gasteiger partial charge on any atom is 0.244 e. The smallest absolute Gasteiger partial charge is 0.244 e. The summed E-state index contributed by atoms with van der Waals surface area (Å²) in [5, 5.41) is 6.85. The number of ether oxygens (including phenoxy) is 1. The Labute approximate surface area is 189 Å². The number of pyridine rings is 1. The standard InChI is InChI=1S/C25H18ClN5O/c1-32-24-18(13-17-9-5-6-10-21(17)28-24)15-27-31-25-29-22-12-11-19(26)14-20(22)23(30-25)16-7-3-2-4-8-16/h2-15H,1H3,(H,29,30,31)/b27-15+. The van der Waals surface area contributed by atoms with Crippen molar-refractivity contribution in [3.63, 3.8) is 0 Å². The van der Waals surface area contributed by atoms with Crippen LogP contribution in [0.15, 0.2) is 84.0 Å². The molecule has 0 fully saturated rings. The lowest BCUT2D eigenvalue weighted by Gasteiger charge is -2.09. The van der Waals surface area contributed by atoms with Gasteiger partial charge in [-0.25, -0.2) is 20.4 Å². The van der Waals surface area contributed by atoms with Gasteiger partial charge in [-0.3, -0.25) is 0 Å². The van der Waals surface area contributed by atoms with Gasteiger partial charge >= 0.3 is 0 Å². The summed E-state index contributed by atoms with van der Waals surface area (Å²) in [5.41, 5.74) is 7.06. The molecule has 5 rings (SSSR count). The molecule has 0 saturated heterocycles. The number of fused-ring (bicyclic) bond motifs is 2. The van der Waals surface area contributed by atoms with Crippen molar-refractivity contribution < 1.29 is 4.74 Å². The van der Waals surface area contributed by atoms with Crippen molar-refractivity contribution in [1.29, 1.82) is 0 Å². The van der Waals surface area contributed by atoms with Gasteiger partial charge in [-0.05, 0) is 30.3 Å². The number of hydrogen-bond acceptors (Lipinski definition) is 6. The highest BCUT2D eigenvalue weighted by molar-refractivity contribution is 6.31. The number of halogens is 1. The van der Waals surface area contributed by atoms with Crippen LogP contribution in [-0.4, -0.2) is 28.3 Å². The summed E-state index contributed by atoms with van der Waals surface area (Å²) in [6.45, 7) is 0. The Morgan fingerprint density at radius 3 is 2.53 bits per heavy atom. The molecule has 2 heterocycles. The van der Waals surface area contributed by atoms with Crippen LogP contribution in [0.25, 0.3) is 33.1 Å². The van der Waals surface area contributed by atoms with Crippen molar-refractivity contribution in [1.82, 2.24) is 15.0 Å². The number of hydrogen-bond donors (Lipinski definition) is 1. The average molecular weight is 440 g/mol. The highest BCUT2D eigenvalue weighted by Gasteiger charge is 2.11. The number of rotatable bonds is 5. The molecule has 6 nitrogen and oxygen atoms in total. The van der Waals surface area contributed by atoms with Crippen LogP contribution in [0.4, 0.5) is 5.95 Å². The van der Waals surface area contributed by atoms with Crippen molar-refractivity contribution in [2.75, 3.05) is 12.5 Å². The van der Waals surface area contributed by atoms with E-state index in [1.807, 2.05) is 78.9 Å². The third-order valence-corrected chi connectivity index (χ3v) is 5.22. The van der Waals surface area contributed by atoms with Crippen LogP contribution in [0.3, 0.4) is 0 Å². The van der Waals surface area contributed by atoms with Gasteiger partial charge in [0.05, 0.1) is 35.6 Å². The first-order valence-electron chi connectivity index (χ1n) is 9.97. The molecule has 7 heteroatoms. The highest BCUT2D eigenvalue weighted by Crippen LogP contribution is 2.29. The van der Waals surface area contributed by atoms with Gasteiger partial charge in [0, 0.05) is 21.4 Å². The van der Waals surface area contributed by atoms with Gasteiger partial charge in [0.25, 0.3) is 0 Å². The van der Waals surface area contributed by atoms with E-state index in [4.69, 9.17) is 21.3 Å². The molecule has 5 aromatic rings. The zero-order valence-corrected chi connectivity index (χ0v) is 17.9. The number of para-hydroxylation sites is 1. The Morgan fingerprint density at radius 2 is 1.69 bits per heavy atom. The first kappa shape index (κ1) is 19.9. The van der Waals surface area contributed by atoms with E-state index in [9.17, 15) is 0 Å². The monoisotopic (exact) mass is 439 g/mol. The third kappa shape index (κ3) is 3.96. The molecule has 0 unspecified atom stereocenters. The maximum absolute atomic E-state index is 6.23. The zero-order chi connectivity index (χ0) is 21.9. The first-order valence-corrected chi connectivity index (χ1v) is 10.3. The van der Waals surface area contributed by atoms with Crippen LogP contribution in [0.5, 0.6) is 5.88 Å². The van der Waals surface area contributed by atoms with Gasteiger partial charge in [-0.2, -0.15) is 5.10 Å². The third-order valence-electron chi connectivity index (χ3n) is 4.98. The van der Waals surface area contributed by atoms with Crippen LogP contribution in [0.2, 0.25) is 5.02 Å². The van der Waals surface area contributed by atoms with Gasteiger partial charge in [-0.1, -0.05) is 60.1 Å². The van der Waals surface area contributed by atoms with Crippen LogP contribution in [-0.2, 0) is 0 Å². The van der Waals surface area contributed by atoms with Gasteiger partial charge in [0.15, 0.2) is 0 Å². The van der Waals surface area contributed by atoms with Crippen molar-refractivity contribution in [3.8, 4) is 17.1 Å². The summed E-state index contributed by atoms with van der Waals surface area (Å²) in [6.07, 6.45) is 1.65. The summed E-state index contributed by atoms with van der Waals surface area (Å²) < 4.78 is 5.43. The second-order valence-corrected chi connectivity index (χ2v) is 7.51. The topological polar surface area (TPSA) is 72.3 Å². The quantitative estimate of drug-likeness (QED) is 0.270. The number of hydrazone groups is 1. The molecule has 0 amide bonds. The van der Waals surface area contributed by atoms with E-state index in [1.165, 1.54) is 0 Å². The number of nitrogens with zero attached hydrogens (tertiary/aromatic N) is 4. The van der Waals surface area contributed by atoms with E-state index in [0.29, 0.717) is 16.9 Å². The van der Waals surface area contributed by atoms with Crippen molar-refractivity contribution in [3.05, 3.63) is 89.4 Å². The molecule has 0 aliphatic rings.